The lowest BCUT2D eigenvalue weighted by atomic mass is 10.0. The van der Waals surface area contributed by atoms with Crippen LogP contribution >= 0.6 is 0 Å². The molecule has 1 aliphatic rings. The number of ether oxygens (including phenoxy) is 3. The van der Waals surface area contributed by atoms with Gasteiger partial charge in [0.15, 0.2) is 17.3 Å². The van der Waals surface area contributed by atoms with Gasteiger partial charge in [-0.1, -0.05) is 0 Å². The second-order valence-corrected chi connectivity index (χ2v) is 7.12. The predicted molar refractivity (Wildman–Crippen MR) is 115 cm³/mol. The normalized spacial score (nSPS) is 14.2. The molecule has 0 aliphatic carbocycles. The van der Waals surface area contributed by atoms with Crippen LogP contribution in [0.1, 0.15) is 54.5 Å². The summed E-state index contributed by atoms with van der Waals surface area (Å²) < 4.78 is 22.3. The van der Waals surface area contributed by atoms with Gasteiger partial charge in [0.2, 0.25) is 5.75 Å². The van der Waals surface area contributed by atoms with Crippen molar-refractivity contribution >= 4 is 11.8 Å². The Labute approximate surface area is 182 Å². The smallest absolute Gasteiger partial charge is 0.287 e. The SMILES string of the molecule is CCOc1cc(C(=O)N2CCC(NC(=O)c3ccco3)CC2)cc(OCC)c1OCC. The largest absolute Gasteiger partial charge is 0.490 e. The molecule has 1 aromatic carbocycles. The lowest BCUT2D eigenvalue weighted by molar-refractivity contribution is 0.0694. The molecule has 8 nitrogen and oxygen atoms in total. The molecule has 2 heterocycles. The first-order valence-electron chi connectivity index (χ1n) is 10.8. The topological polar surface area (TPSA) is 90.2 Å². The Bertz CT molecular complexity index is 845. The first-order chi connectivity index (χ1) is 15.1. The molecule has 0 bridgehead atoms. The van der Waals surface area contributed by atoms with Crippen molar-refractivity contribution in [3.63, 3.8) is 0 Å². The Morgan fingerprint density at radius 2 is 1.65 bits per heavy atom. The van der Waals surface area contributed by atoms with E-state index in [4.69, 9.17) is 18.6 Å². The second kappa shape index (κ2) is 10.7. The quantitative estimate of drug-likeness (QED) is 0.655. The van der Waals surface area contributed by atoms with E-state index in [9.17, 15) is 9.59 Å². The van der Waals surface area contributed by atoms with Crippen molar-refractivity contribution < 1.29 is 28.2 Å². The molecule has 1 saturated heterocycles. The Hall–Kier alpha value is -3.16. The molecule has 1 fully saturated rings. The van der Waals surface area contributed by atoms with E-state index in [1.165, 1.54) is 6.26 Å². The van der Waals surface area contributed by atoms with Gasteiger partial charge in [0, 0.05) is 24.7 Å². The van der Waals surface area contributed by atoms with Gasteiger partial charge in [-0.25, -0.2) is 0 Å². The maximum Gasteiger partial charge on any atom is 0.287 e. The molecule has 168 valence electrons. The molecule has 0 atom stereocenters. The Balaban J connectivity index is 1.69. The minimum absolute atomic E-state index is 0.0000448. The number of benzene rings is 1. The third kappa shape index (κ3) is 5.51. The minimum Gasteiger partial charge on any atom is -0.490 e. The van der Waals surface area contributed by atoms with Crippen LogP contribution in [-0.4, -0.2) is 55.7 Å². The van der Waals surface area contributed by atoms with Gasteiger partial charge in [-0.3, -0.25) is 9.59 Å². The molecule has 2 amide bonds. The fraction of sp³-hybridized carbons (Fsp3) is 0.478. The average Bonchev–Trinajstić information content (AvgIpc) is 3.31. The van der Waals surface area contributed by atoms with E-state index in [0.717, 1.165) is 0 Å². The number of likely N-dealkylation sites (tertiary alicyclic amines) is 1. The molecule has 0 spiro atoms. The van der Waals surface area contributed by atoms with E-state index in [-0.39, 0.29) is 17.9 Å². The zero-order valence-electron chi connectivity index (χ0n) is 18.3. The van der Waals surface area contributed by atoms with Crippen molar-refractivity contribution in [3.8, 4) is 17.2 Å². The Morgan fingerprint density at radius 1 is 1.03 bits per heavy atom. The van der Waals surface area contributed by atoms with Gasteiger partial charge < -0.3 is 28.8 Å². The highest BCUT2D eigenvalue weighted by Gasteiger charge is 2.27. The molecule has 0 saturated carbocycles. The predicted octanol–water partition coefficient (Wildman–Crippen LogP) is 3.51. The number of piperidine rings is 1. The molecule has 1 N–H and O–H groups in total. The molecule has 0 unspecified atom stereocenters. The highest BCUT2D eigenvalue weighted by molar-refractivity contribution is 5.96. The van der Waals surface area contributed by atoms with Crippen molar-refractivity contribution in [1.82, 2.24) is 10.2 Å². The Morgan fingerprint density at radius 3 is 2.16 bits per heavy atom. The summed E-state index contributed by atoms with van der Waals surface area (Å²) in [7, 11) is 0. The maximum absolute atomic E-state index is 13.2. The summed E-state index contributed by atoms with van der Waals surface area (Å²) in [5.74, 6) is 1.48. The highest BCUT2D eigenvalue weighted by Crippen LogP contribution is 2.39. The summed E-state index contributed by atoms with van der Waals surface area (Å²) in [6.45, 7) is 8.10. The second-order valence-electron chi connectivity index (χ2n) is 7.12. The highest BCUT2D eigenvalue weighted by atomic mass is 16.5. The van der Waals surface area contributed by atoms with Crippen LogP contribution in [0.2, 0.25) is 0 Å². The number of furan rings is 1. The number of carbonyl (C=O) groups is 2. The van der Waals surface area contributed by atoms with E-state index < -0.39 is 0 Å². The van der Waals surface area contributed by atoms with Crippen LogP contribution in [0, 0.1) is 0 Å². The molecule has 31 heavy (non-hydrogen) atoms. The Kier molecular flexibility index (Phi) is 7.81. The van der Waals surface area contributed by atoms with E-state index in [0.29, 0.717) is 74.3 Å². The lowest BCUT2D eigenvalue weighted by Gasteiger charge is -2.32. The van der Waals surface area contributed by atoms with E-state index in [2.05, 4.69) is 5.32 Å². The van der Waals surface area contributed by atoms with E-state index in [1.54, 1.807) is 29.2 Å². The van der Waals surface area contributed by atoms with Gasteiger partial charge in [-0.05, 0) is 57.9 Å². The first kappa shape index (κ1) is 22.5. The van der Waals surface area contributed by atoms with Gasteiger partial charge in [-0.15, -0.1) is 0 Å². The molecule has 1 aromatic heterocycles. The average molecular weight is 431 g/mol. The summed E-state index contributed by atoms with van der Waals surface area (Å²) in [6.07, 6.45) is 2.82. The van der Waals surface area contributed by atoms with Crippen molar-refractivity contribution in [3.05, 3.63) is 41.9 Å². The third-order valence-electron chi connectivity index (χ3n) is 5.02. The van der Waals surface area contributed by atoms with Gasteiger partial charge >= 0.3 is 0 Å². The van der Waals surface area contributed by atoms with E-state index in [1.807, 2.05) is 20.8 Å². The monoisotopic (exact) mass is 430 g/mol. The van der Waals surface area contributed by atoms with Gasteiger partial charge in [-0.2, -0.15) is 0 Å². The lowest BCUT2D eigenvalue weighted by Crippen LogP contribution is -2.46. The molecular formula is C23H30N2O6. The zero-order chi connectivity index (χ0) is 22.2. The fourth-order valence-corrected chi connectivity index (χ4v) is 3.59. The third-order valence-corrected chi connectivity index (χ3v) is 5.02. The van der Waals surface area contributed by atoms with Gasteiger partial charge in [0.25, 0.3) is 11.8 Å². The number of carbonyl (C=O) groups excluding carboxylic acids is 2. The van der Waals surface area contributed by atoms with Crippen LogP contribution in [-0.2, 0) is 0 Å². The van der Waals surface area contributed by atoms with Crippen molar-refractivity contribution in [1.29, 1.82) is 0 Å². The standard InChI is InChI=1S/C23H30N2O6/c1-4-28-19-14-16(15-20(29-5-2)21(19)30-6-3)23(27)25-11-9-17(10-12-25)24-22(26)18-8-7-13-31-18/h7-8,13-15,17H,4-6,9-12H2,1-3H3,(H,24,26). The summed E-state index contributed by atoms with van der Waals surface area (Å²) in [5, 5.41) is 2.97. The van der Waals surface area contributed by atoms with E-state index >= 15 is 0 Å². The van der Waals surface area contributed by atoms with Gasteiger partial charge in [0.05, 0.1) is 26.1 Å². The van der Waals surface area contributed by atoms with Crippen LogP contribution in [0.5, 0.6) is 17.2 Å². The van der Waals surface area contributed by atoms with Gasteiger partial charge in [0.1, 0.15) is 0 Å². The van der Waals surface area contributed by atoms with Crippen molar-refractivity contribution in [2.45, 2.75) is 39.7 Å². The van der Waals surface area contributed by atoms with Crippen LogP contribution in [0.15, 0.2) is 34.9 Å². The molecule has 3 rings (SSSR count). The zero-order valence-corrected chi connectivity index (χ0v) is 18.3. The molecule has 0 radical (unpaired) electrons. The number of nitrogens with zero attached hydrogens (tertiary/aromatic N) is 1. The fourth-order valence-electron chi connectivity index (χ4n) is 3.59. The van der Waals surface area contributed by atoms with Crippen LogP contribution < -0.4 is 19.5 Å². The summed E-state index contributed by atoms with van der Waals surface area (Å²) >= 11 is 0. The first-order valence-corrected chi connectivity index (χ1v) is 10.8. The summed E-state index contributed by atoms with van der Waals surface area (Å²) in [4.78, 5) is 27.1. The number of hydrogen-bond donors (Lipinski definition) is 1. The van der Waals surface area contributed by atoms with Crippen molar-refractivity contribution in [2.75, 3.05) is 32.9 Å². The van der Waals surface area contributed by atoms with Crippen molar-refractivity contribution in [2.24, 2.45) is 0 Å². The summed E-state index contributed by atoms with van der Waals surface area (Å²) in [6, 6.07) is 6.74. The number of amides is 2. The maximum atomic E-state index is 13.2. The van der Waals surface area contributed by atoms with Crippen LogP contribution in [0.4, 0.5) is 0 Å². The molecule has 1 aliphatic heterocycles. The number of rotatable bonds is 9. The molecular weight excluding hydrogens is 400 g/mol. The summed E-state index contributed by atoms with van der Waals surface area (Å²) in [5.41, 5.74) is 0.494. The molecule has 2 aromatic rings. The molecule has 8 heteroatoms. The van der Waals surface area contributed by atoms with Crippen LogP contribution in [0.3, 0.4) is 0 Å². The minimum atomic E-state index is -0.232. The number of nitrogens with one attached hydrogen (secondary N) is 1. The van der Waals surface area contributed by atoms with Crippen LogP contribution in [0.25, 0.3) is 0 Å². The number of hydrogen-bond acceptors (Lipinski definition) is 6.